The van der Waals surface area contributed by atoms with E-state index < -0.39 is 0 Å². The summed E-state index contributed by atoms with van der Waals surface area (Å²) in [5, 5.41) is 2.04. The molecule has 3 nitrogen and oxygen atoms in total. The van der Waals surface area contributed by atoms with Gasteiger partial charge >= 0.3 is 0 Å². The smallest absolute Gasteiger partial charge is 0.130 e. The number of hydrogen-bond acceptors (Lipinski definition) is 4. The highest BCUT2D eigenvalue weighted by molar-refractivity contribution is 7.09. The first-order valence-electron chi connectivity index (χ1n) is 5.18. The van der Waals surface area contributed by atoms with E-state index in [0.29, 0.717) is 19.8 Å². The molecule has 0 aliphatic heterocycles. The molecular formula is C12H15NO2S. The van der Waals surface area contributed by atoms with Crippen LogP contribution >= 0.6 is 11.3 Å². The fourth-order valence-electron chi connectivity index (χ4n) is 1.51. The normalized spacial score (nSPS) is 10.9. The minimum Gasteiger partial charge on any atom is -0.462 e. The number of hydrogen-bond donors (Lipinski definition) is 1. The topological polar surface area (TPSA) is 48.4 Å². The predicted octanol–water partition coefficient (Wildman–Crippen LogP) is 2.83. The standard InChI is InChI=1S/C12H15NO2S/c1-9-5-10(15-12(9)6-13)7-14-8-11-3-2-4-16-11/h2-5H,6-8,13H2,1H3. The summed E-state index contributed by atoms with van der Waals surface area (Å²) in [6, 6.07) is 6.06. The van der Waals surface area contributed by atoms with E-state index in [0.717, 1.165) is 17.1 Å². The van der Waals surface area contributed by atoms with Crippen LogP contribution < -0.4 is 5.73 Å². The summed E-state index contributed by atoms with van der Waals surface area (Å²) in [6.07, 6.45) is 0. The quantitative estimate of drug-likeness (QED) is 0.869. The number of nitrogens with two attached hydrogens (primary N) is 1. The Labute approximate surface area is 98.8 Å². The second-order valence-corrected chi connectivity index (χ2v) is 4.63. The summed E-state index contributed by atoms with van der Waals surface area (Å²) in [7, 11) is 0. The van der Waals surface area contributed by atoms with E-state index in [9.17, 15) is 0 Å². The van der Waals surface area contributed by atoms with E-state index in [-0.39, 0.29) is 0 Å². The largest absolute Gasteiger partial charge is 0.462 e. The van der Waals surface area contributed by atoms with Crippen LogP contribution in [0, 0.1) is 6.92 Å². The van der Waals surface area contributed by atoms with Gasteiger partial charge in [0.1, 0.15) is 18.1 Å². The molecule has 4 heteroatoms. The molecule has 0 saturated heterocycles. The first kappa shape index (κ1) is 11.4. The highest BCUT2D eigenvalue weighted by atomic mass is 32.1. The van der Waals surface area contributed by atoms with Crippen LogP contribution in [0.1, 0.15) is 22.0 Å². The number of rotatable bonds is 5. The van der Waals surface area contributed by atoms with Crippen LogP contribution in [0.15, 0.2) is 28.0 Å². The molecule has 0 fully saturated rings. The molecule has 0 aliphatic rings. The lowest BCUT2D eigenvalue weighted by atomic mass is 10.3. The molecule has 0 bridgehead atoms. The van der Waals surface area contributed by atoms with E-state index in [4.69, 9.17) is 14.9 Å². The molecule has 86 valence electrons. The third-order valence-electron chi connectivity index (χ3n) is 2.33. The maximum atomic E-state index is 5.55. The molecule has 0 saturated carbocycles. The summed E-state index contributed by atoms with van der Waals surface area (Å²) < 4.78 is 11.1. The molecule has 0 amide bonds. The fourth-order valence-corrected chi connectivity index (χ4v) is 2.15. The number of ether oxygens (including phenoxy) is 1. The van der Waals surface area contributed by atoms with Gasteiger partial charge in [-0.25, -0.2) is 0 Å². The monoisotopic (exact) mass is 237 g/mol. The minimum atomic E-state index is 0.441. The molecule has 16 heavy (non-hydrogen) atoms. The summed E-state index contributed by atoms with van der Waals surface area (Å²) in [5.74, 6) is 1.68. The molecule has 0 aromatic carbocycles. The SMILES string of the molecule is Cc1cc(COCc2cccs2)oc1CN. The van der Waals surface area contributed by atoms with Gasteiger partial charge in [-0.1, -0.05) is 6.07 Å². The minimum absolute atomic E-state index is 0.441. The summed E-state index contributed by atoms with van der Waals surface area (Å²) in [6.45, 7) is 3.57. The summed E-state index contributed by atoms with van der Waals surface area (Å²) >= 11 is 1.70. The van der Waals surface area contributed by atoms with Crippen molar-refractivity contribution in [2.24, 2.45) is 5.73 Å². The van der Waals surface area contributed by atoms with Gasteiger partial charge < -0.3 is 14.9 Å². The number of aryl methyl sites for hydroxylation is 1. The summed E-state index contributed by atoms with van der Waals surface area (Å²) in [5.41, 5.74) is 6.63. The Morgan fingerprint density at radius 1 is 1.44 bits per heavy atom. The number of furan rings is 1. The van der Waals surface area contributed by atoms with Crippen molar-refractivity contribution in [3.63, 3.8) is 0 Å². The maximum Gasteiger partial charge on any atom is 0.130 e. The van der Waals surface area contributed by atoms with Crippen LogP contribution in [0.3, 0.4) is 0 Å². The van der Waals surface area contributed by atoms with Crippen LogP contribution in [0.4, 0.5) is 0 Å². The molecule has 0 unspecified atom stereocenters. The van der Waals surface area contributed by atoms with E-state index >= 15 is 0 Å². The van der Waals surface area contributed by atoms with Crippen molar-refractivity contribution in [2.45, 2.75) is 26.7 Å². The maximum absolute atomic E-state index is 5.55. The Morgan fingerprint density at radius 3 is 2.94 bits per heavy atom. The lowest BCUT2D eigenvalue weighted by Crippen LogP contribution is -1.95. The second kappa shape index (κ2) is 5.30. The van der Waals surface area contributed by atoms with Gasteiger partial charge in [0, 0.05) is 4.88 Å². The van der Waals surface area contributed by atoms with Crippen molar-refractivity contribution in [1.82, 2.24) is 0 Å². The van der Waals surface area contributed by atoms with Crippen molar-refractivity contribution in [2.75, 3.05) is 0 Å². The average molecular weight is 237 g/mol. The van der Waals surface area contributed by atoms with Crippen LogP contribution in [-0.2, 0) is 24.5 Å². The molecule has 2 rings (SSSR count). The molecule has 2 heterocycles. The summed E-state index contributed by atoms with van der Waals surface area (Å²) in [4.78, 5) is 1.22. The molecule has 2 N–H and O–H groups in total. The van der Waals surface area contributed by atoms with Crippen molar-refractivity contribution >= 4 is 11.3 Å². The molecule has 0 spiro atoms. The Hall–Kier alpha value is -1.10. The Balaban J connectivity index is 1.85. The van der Waals surface area contributed by atoms with Crippen LogP contribution in [-0.4, -0.2) is 0 Å². The zero-order valence-electron chi connectivity index (χ0n) is 9.23. The van der Waals surface area contributed by atoms with Gasteiger partial charge in [0.05, 0.1) is 13.2 Å². The van der Waals surface area contributed by atoms with E-state index in [1.807, 2.05) is 24.4 Å². The van der Waals surface area contributed by atoms with Gasteiger partial charge in [-0.2, -0.15) is 0 Å². The average Bonchev–Trinajstić information content (AvgIpc) is 2.88. The van der Waals surface area contributed by atoms with Gasteiger partial charge in [-0.05, 0) is 30.0 Å². The Kier molecular flexibility index (Phi) is 3.77. The van der Waals surface area contributed by atoms with Crippen LogP contribution in [0.2, 0.25) is 0 Å². The van der Waals surface area contributed by atoms with E-state index in [1.54, 1.807) is 11.3 Å². The molecule has 2 aromatic rings. The van der Waals surface area contributed by atoms with Gasteiger partial charge in [-0.3, -0.25) is 0 Å². The Morgan fingerprint density at radius 2 is 2.31 bits per heavy atom. The van der Waals surface area contributed by atoms with Gasteiger partial charge in [0.15, 0.2) is 0 Å². The molecule has 2 aromatic heterocycles. The van der Waals surface area contributed by atoms with Crippen LogP contribution in [0.25, 0.3) is 0 Å². The predicted molar refractivity (Wildman–Crippen MR) is 64.1 cm³/mol. The fraction of sp³-hybridized carbons (Fsp3) is 0.333. The third-order valence-corrected chi connectivity index (χ3v) is 3.18. The highest BCUT2D eigenvalue weighted by Crippen LogP contribution is 2.16. The zero-order valence-corrected chi connectivity index (χ0v) is 10.0. The molecule has 0 aliphatic carbocycles. The molecular weight excluding hydrogens is 222 g/mol. The zero-order chi connectivity index (χ0) is 11.4. The van der Waals surface area contributed by atoms with Gasteiger partial charge in [-0.15, -0.1) is 11.3 Å². The van der Waals surface area contributed by atoms with E-state index in [1.165, 1.54) is 4.88 Å². The first-order chi connectivity index (χ1) is 7.79. The molecule has 0 atom stereocenters. The lowest BCUT2D eigenvalue weighted by molar-refractivity contribution is 0.0940. The molecule has 0 radical (unpaired) electrons. The van der Waals surface area contributed by atoms with Crippen molar-refractivity contribution in [1.29, 1.82) is 0 Å². The van der Waals surface area contributed by atoms with Crippen molar-refractivity contribution < 1.29 is 9.15 Å². The van der Waals surface area contributed by atoms with Crippen LogP contribution in [0.5, 0.6) is 0 Å². The van der Waals surface area contributed by atoms with Gasteiger partial charge in [0.25, 0.3) is 0 Å². The number of thiophene rings is 1. The van der Waals surface area contributed by atoms with Crippen molar-refractivity contribution in [3.05, 3.63) is 45.5 Å². The lowest BCUT2D eigenvalue weighted by Gasteiger charge is -1.99. The van der Waals surface area contributed by atoms with E-state index in [2.05, 4.69) is 6.07 Å². The van der Waals surface area contributed by atoms with Gasteiger partial charge in [0.2, 0.25) is 0 Å². The Bertz CT molecular complexity index is 434. The second-order valence-electron chi connectivity index (χ2n) is 3.60. The third kappa shape index (κ3) is 2.72. The van der Waals surface area contributed by atoms with Crippen molar-refractivity contribution in [3.8, 4) is 0 Å². The first-order valence-corrected chi connectivity index (χ1v) is 6.06. The highest BCUT2D eigenvalue weighted by Gasteiger charge is 2.05.